The third kappa shape index (κ3) is 1.55. The van der Waals surface area contributed by atoms with Crippen LogP contribution in [0, 0.1) is 0 Å². The molecule has 1 aliphatic rings. The average molecular weight is 208 g/mol. The summed E-state index contributed by atoms with van der Waals surface area (Å²) in [7, 11) is 3.25. The van der Waals surface area contributed by atoms with Crippen LogP contribution >= 0.6 is 0 Å². The van der Waals surface area contributed by atoms with Crippen molar-refractivity contribution >= 4 is 0 Å². The maximum Gasteiger partial charge on any atom is 0.145 e. The summed E-state index contributed by atoms with van der Waals surface area (Å²) in [6, 6.07) is 0. The van der Waals surface area contributed by atoms with Gasteiger partial charge in [-0.25, -0.2) is 0 Å². The summed E-state index contributed by atoms with van der Waals surface area (Å²) in [6.07, 6.45) is 6.48. The lowest BCUT2D eigenvalue weighted by atomic mass is 9.72. The van der Waals surface area contributed by atoms with E-state index in [0.717, 1.165) is 36.3 Å². The molecule has 0 radical (unpaired) electrons. The molecule has 1 fully saturated rings. The molecule has 0 aliphatic heterocycles. The predicted molar refractivity (Wildman–Crippen MR) is 57.1 cm³/mol. The third-order valence-corrected chi connectivity index (χ3v) is 3.06. The first-order chi connectivity index (χ1) is 7.21. The van der Waals surface area contributed by atoms with E-state index >= 15 is 0 Å². The zero-order valence-electron chi connectivity index (χ0n) is 9.12. The quantitative estimate of drug-likeness (QED) is 0.816. The van der Waals surface area contributed by atoms with Crippen LogP contribution in [0.4, 0.5) is 0 Å². The zero-order valence-corrected chi connectivity index (χ0v) is 9.12. The summed E-state index contributed by atoms with van der Waals surface area (Å²) in [4.78, 5) is 4.05. The van der Waals surface area contributed by atoms with Crippen LogP contribution in [-0.4, -0.2) is 19.2 Å². The molecule has 2 rings (SSSR count). The van der Waals surface area contributed by atoms with Crippen molar-refractivity contribution in [1.29, 1.82) is 0 Å². The summed E-state index contributed by atoms with van der Waals surface area (Å²) in [5, 5.41) is 0. The van der Waals surface area contributed by atoms with E-state index in [1.807, 2.05) is 0 Å². The van der Waals surface area contributed by atoms with Gasteiger partial charge in [0.1, 0.15) is 11.5 Å². The van der Waals surface area contributed by atoms with E-state index in [1.165, 1.54) is 0 Å². The van der Waals surface area contributed by atoms with Crippen LogP contribution in [0.1, 0.15) is 24.8 Å². The van der Waals surface area contributed by atoms with Gasteiger partial charge >= 0.3 is 0 Å². The number of ether oxygens (including phenoxy) is 2. The Labute approximate surface area is 89.4 Å². The molecule has 1 aromatic rings. The summed E-state index contributed by atoms with van der Waals surface area (Å²) >= 11 is 0. The van der Waals surface area contributed by atoms with Crippen molar-refractivity contribution < 1.29 is 9.47 Å². The molecular weight excluding hydrogens is 192 g/mol. The molecule has 1 saturated carbocycles. The van der Waals surface area contributed by atoms with Gasteiger partial charge in [0, 0.05) is 5.54 Å². The standard InChI is InChI=1S/C11H16N2O2/c1-14-8-6-13-7-9(15-2)10(8)11(12)4-3-5-11/h6-7H,3-5,12H2,1-2H3. The van der Waals surface area contributed by atoms with Gasteiger partial charge in [0.2, 0.25) is 0 Å². The zero-order chi connectivity index (χ0) is 10.9. The number of hydrogen-bond acceptors (Lipinski definition) is 4. The normalized spacial score (nSPS) is 18.1. The molecule has 4 heteroatoms. The lowest BCUT2D eigenvalue weighted by Crippen LogP contribution is -2.43. The lowest BCUT2D eigenvalue weighted by molar-refractivity contribution is 0.233. The first-order valence-electron chi connectivity index (χ1n) is 5.06. The number of aromatic nitrogens is 1. The molecule has 1 aliphatic carbocycles. The van der Waals surface area contributed by atoms with E-state index in [0.29, 0.717) is 0 Å². The molecular formula is C11H16N2O2. The molecule has 0 unspecified atom stereocenters. The van der Waals surface area contributed by atoms with E-state index < -0.39 is 0 Å². The summed E-state index contributed by atoms with van der Waals surface area (Å²) in [6.45, 7) is 0. The van der Waals surface area contributed by atoms with Crippen LogP contribution in [0.5, 0.6) is 11.5 Å². The Morgan fingerprint density at radius 1 is 1.20 bits per heavy atom. The summed E-state index contributed by atoms with van der Waals surface area (Å²) in [5.41, 5.74) is 6.95. The van der Waals surface area contributed by atoms with Crippen molar-refractivity contribution in [3.8, 4) is 11.5 Å². The molecule has 2 N–H and O–H groups in total. The number of methoxy groups -OCH3 is 2. The Morgan fingerprint density at radius 3 is 2.07 bits per heavy atom. The second-order valence-corrected chi connectivity index (χ2v) is 3.93. The fourth-order valence-electron chi connectivity index (χ4n) is 2.03. The van der Waals surface area contributed by atoms with Crippen molar-refractivity contribution in [1.82, 2.24) is 4.98 Å². The number of pyridine rings is 1. The average Bonchev–Trinajstić information content (AvgIpc) is 2.24. The first-order valence-corrected chi connectivity index (χ1v) is 5.06. The van der Waals surface area contributed by atoms with E-state index in [9.17, 15) is 0 Å². The Balaban J connectivity index is 2.50. The minimum atomic E-state index is -0.292. The minimum Gasteiger partial charge on any atom is -0.495 e. The number of hydrogen-bond donors (Lipinski definition) is 1. The van der Waals surface area contributed by atoms with E-state index in [2.05, 4.69) is 4.98 Å². The molecule has 1 aromatic heterocycles. The molecule has 0 aromatic carbocycles. The fraction of sp³-hybridized carbons (Fsp3) is 0.545. The van der Waals surface area contributed by atoms with Crippen molar-refractivity contribution in [3.63, 3.8) is 0 Å². The topological polar surface area (TPSA) is 57.4 Å². The molecule has 82 valence electrons. The monoisotopic (exact) mass is 208 g/mol. The van der Waals surface area contributed by atoms with Crippen LogP contribution in [0.2, 0.25) is 0 Å². The Hall–Kier alpha value is -1.29. The summed E-state index contributed by atoms with van der Waals surface area (Å²) in [5.74, 6) is 1.44. The first kappa shape index (κ1) is 10.2. The van der Waals surface area contributed by atoms with Crippen LogP contribution < -0.4 is 15.2 Å². The fourth-order valence-corrected chi connectivity index (χ4v) is 2.03. The number of nitrogens with zero attached hydrogens (tertiary/aromatic N) is 1. The molecule has 0 atom stereocenters. The predicted octanol–water partition coefficient (Wildman–Crippen LogP) is 1.44. The smallest absolute Gasteiger partial charge is 0.145 e. The van der Waals surface area contributed by atoms with Gasteiger partial charge in [0.15, 0.2) is 0 Å². The molecule has 4 nitrogen and oxygen atoms in total. The molecule has 0 spiro atoms. The van der Waals surface area contributed by atoms with Gasteiger partial charge in [-0.05, 0) is 19.3 Å². The SMILES string of the molecule is COc1cncc(OC)c1C1(N)CCC1. The van der Waals surface area contributed by atoms with Crippen LogP contribution in [-0.2, 0) is 5.54 Å². The molecule has 0 amide bonds. The Morgan fingerprint density at radius 2 is 1.73 bits per heavy atom. The lowest BCUT2D eigenvalue weighted by Gasteiger charge is -2.39. The highest BCUT2D eigenvalue weighted by atomic mass is 16.5. The minimum absolute atomic E-state index is 0.292. The highest BCUT2D eigenvalue weighted by Gasteiger charge is 2.39. The highest BCUT2D eigenvalue weighted by Crippen LogP contribution is 2.46. The van der Waals surface area contributed by atoms with Gasteiger partial charge in [-0.1, -0.05) is 0 Å². The highest BCUT2D eigenvalue weighted by molar-refractivity contribution is 5.47. The van der Waals surface area contributed by atoms with E-state index in [-0.39, 0.29) is 5.54 Å². The molecule has 1 heterocycles. The maximum atomic E-state index is 6.29. The number of rotatable bonds is 3. The van der Waals surface area contributed by atoms with Crippen LogP contribution in [0.25, 0.3) is 0 Å². The van der Waals surface area contributed by atoms with Crippen molar-refractivity contribution in [3.05, 3.63) is 18.0 Å². The molecule has 0 saturated heterocycles. The van der Waals surface area contributed by atoms with Crippen molar-refractivity contribution in [2.45, 2.75) is 24.8 Å². The van der Waals surface area contributed by atoms with Gasteiger partial charge in [0.05, 0.1) is 32.2 Å². The second-order valence-electron chi connectivity index (χ2n) is 3.93. The van der Waals surface area contributed by atoms with Crippen LogP contribution in [0.3, 0.4) is 0 Å². The molecule has 0 bridgehead atoms. The van der Waals surface area contributed by atoms with Gasteiger partial charge < -0.3 is 15.2 Å². The van der Waals surface area contributed by atoms with E-state index in [1.54, 1.807) is 26.6 Å². The Kier molecular flexibility index (Phi) is 2.52. The third-order valence-electron chi connectivity index (χ3n) is 3.06. The number of nitrogens with two attached hydrogens (primary N) is 1. The van der Waals surface area contributed by atoms with Gasteiger partial charge in [0.25, 0.3) is 0 Å². The second kappa shape index (κ2) is 3.70. The molecule has 15 heavy (non-hydrogen) atoms. The van der Waals surface area contributed by atoms with Crippen molar-refractivity contribution in [2.75, 3.05) is 14.2 Å². The maximum absolute atomic E-state index is 6.29. The Bertz CT molecular complexity index is 339. The van der Waals surface area contributed by atoms with Gasteiger partial charge in [-0.15, -0.1) is 0 Å². The van der Waals surface area contributed by atoms with Crippen molar-refractivity contribution in [2.24, 2.45) is 5.73 Å². The van der Waals surface area contributed by atoms with Gasteiger partial charge in [-0.3, -0.25) is 4.98 Å². The van der Waals surface area contributed by atoms with E-state index in [4.69, 9.17) is 15.2 Å². The van der Waals surface area contributed by atoms with Gasteiger partial charge in [-0.2, -0.15) is 0 Å². The summed E-state index contributed by atoms with van der Waals surface area (Å²) < 4.78 is 10.6. The largest absolute Gasteiger partial charge is 0.495 e. The van der Waals surface area contributed by atoms with Crippen LogP contribution in [0.15, 0.2) is 12.4 Å².